The fourth-order valence-electron chi connectivity index (χ4n) is 2.59. The molecule has 2 amide bonds. The Balaban J connectivity index is 1.81. The number of halogens is 2. The maximum atomic E-state index is 12.1. The van der Waals surface area contributed by atoms with Crippen molar-refractivity contribution >= 4 is 41.0 Å². The highest BCUT2D eigenvalue weighted by Gasteiger charge is 2.15. The molecule has 0 bridgehead atoms. The summed E-state index contributed by atoms with van der Waals surface area (Å²) in [4.78, 5) is 35.9. The Morgan fingerprint density at radius 1 is 0.875 bits per heavy atom. The van der Waals surface area contributed by atoms with Crippen molar-refractivity contribution in [2.45, 2.75) is 6.54 Å². The largest absolute Gasteiger partial charge is 0.496 e. The van der Waals surface area contributed by atoms with Crippen LogP contribution in [0.15, 0.2) is 30.3 Å². The van der Waals surface area contributed by atoms with Crippen molar-refractivity contribution < 1.29 is 33.3 Å². The Labute approximate surface area is 194 Å². The number of esters is 1. The van der Waals surface area contributed by atoms with Gasteiger partial charge in [-0.3, -0.25) is 14.4 Å². The molecule has 172 valence electrons. The Bertz CT molecular complexity index is 998. The van der Waals surface area contributed by atoms with Gasteiger partial charge in [0.05, 0.1) is 31.9 Å². The average molecular weight is 485 g/mol. The van der Waals surface area contributed by atoms with Crippen molar-refractivity contribution in [3.8, 4) is 17.2 Å². The molecule has 0 aliphatic rings. The fraction of sp³-hybridized carbons (Fsp3) is 0.286. The van der Waals surface area contributed by atoms with Crippen LogP contribution in [0, 0.1) is 0 Å². The summed E-state index contributed by atoms with van der Waals surface area (Å²) < 4.78 is 20.6. The highest BCUT2D eigenvalue weighted by Crippen LogP contribution is 2.34. The minimum absolute atomic E-state index is 0.103. The molecular weight excluding hydrogens is 463 g/mol. The second kappa shape index (κ2) is 12.0. The number of benzene rings is 2. The predicted octanol–water partition coefficient (Wildman–Crippen LogP) is 2.61. The van der Waals surface area contributed by atoms with Gasteiger partial charge in [-0.1, -0.05) is 23.2 Å². The van der Waals surface area contributed by atoms with Crippen LogP contribution in [0.25, 0.3) is 0 Å². The first kappa shape index (κ1) is 25.1. The molecule has 0 saturated carbocycles. The Morgan fingerprint density at radius 2 is 1.53 bits per heavy atom. The zero-order chi connectivity index (χ0) is 23.7. The van der Waals surface area contributed by atoms with Crippen molar-refractivity contribution in [2.24, 2.45) is 0 Å². The number of carbonyl (C=O) groups is 3. The Hall–Kier alpha value is -3.17. The molecule has 0 fully saturated rings. The monoisotopic (exact) mass is 484 g/mol. The number of amides is 2. The molecule has 0 heterocycles. The molecule has 0 atom stereocenters. The number of hydrogen-bond acceptors (Lipinski definition) is 7. The fourth-order valence-corrected chi connectivity index (χ4v) is 3.09. The normalized spacial score (nSPS) is 10.2. The summed E-state index contributed by atoms with van der Waals surface area (Å²) in [6, 6.07) is 7.64. The van der Waals surface area contributed by atoms with Gasteiger partial charge in [-0.15, -0.1) is 0 Å². The summed E-state index contributed by atoms with van der Waals surface area (Å²) in [5.74, 6) is -0.461. The Morgan fingerprint density at radius 3 is 2.16 bits per heavy atom. The topological polar surface area (TPSA) is 112 Å². The summed E-state index contributed by atoms with van der Waals surface area (Å²) in [6.07, 6.45) is 0. The maximum Gasteiger partial charge on any atom is 0.325 e. The van der Waals surface area contributed by atoms with Crippen molar-refractivity contribution in [1.29, 1.82) is 0 Å². The van der Waals surface area contributed by atoms with Crippen LogP contribution < -0.4 is 24.8 Å². The van der Waals surface area contributed by atoms with Gasteiger partial charge in [-0.05, 0) is 24.3 Å². The summed E-state index contributed by atoms with van der Waals surface area (Å²) in [5.41, 5.74) is 0.794. The van der Waals surface area contributed by atoms with Crippen LogP contribution in [-0.2, 0) is 20.9 Å². The lowest BCUT2D eigenvalue weighted by atomic mass is 10.1. The molecule has 2 aromatic carbocycles. The average Bonchev–Trinajstić information content (AvgIpc) is 2.79. The van der Waals surface area contributed by atoms with Gasteiger partial charge >= 0.3 is 5.97 Å². The summed E-state index contributed by atoms with van der Waals surface area (Å²) in [7, 11) is 4.48. The first-order valence-corrected chi connectivity index (χ1v) is 9.99. The van der Waals surface area contributed by atoms with E-state index in [0.717, 1.165) is 0 Å². The van der Waals surface area contributed by atoms with Crippen LogP contribution in [-0.4, -0.2) is 52.3 Å². The molecule has 9 nitrogen and oxygen atoms in total. The highest BCUT2D eigenvalue weighted by atomic mass is 35.5. The number of carbonyl (C=O) groups excluding carboxylic acids is 3. The molecule has 0 radical (unpaired) electrons. The standard InChI is InChI=1S/C21H22Cl2N2O7/c1-29-16-8-18(31-3)17(30-2)6-12(16)9-24-19(26)11-32-20(27)10-25-21(28)14-5-4-13(22)7-15(14)23/h4-8H,9-11H2,1-3H3,(H,24,26)(H,25,28). The second-order valence-corrected chi connectivity index (χ2v) is 7.11. The molecule has 0 aliphatic heterocycles. The van der Waals surface area contributed by atoms with Gasteiger partial charge in [0, 0.05) is 23.2 Å². The van der Waals surface area contributed by atoms with E-state index >= 15 is 0 Å². The number of hydrogen-bond donors (Lipinski definition) is 2. The molecule has 0 unspecified atom stereocenters. The van der Waals surface area contributed by atoms with E-state index in [4.69, 9.17) is 42.1 Å². The second-order valence-electron chi connectivity index (χ2n) is 6.26. The number of nitrogens with one attached hydrogen (secondary N) is 2. The molecule has 32 heavy (non-hydrogen) atoms. The number of methoxy groups -OCH3 is 3. The van der Waals surface area contributed by atoms with Gasteiger partial charge in [0.1, 0.15) is 12.3 Å². The van der Waals surface area contributed by atoms with E-state index in [2.05, 4.69) is 10.6 Å². The first-order chi connectivity index (χ1) is 15.3. The molecule has 2 aromatic rings. The summed E-state index contributed by atoms with van der Waals surface area (Å²) in [6.45, 7) is -0.855. The molecule has 0 aliphatic carbocycles. The lowest BCUT2D eigenvalue weighted by molar-refractivity contribution is -0.147. The first-order valence-electron chi connectivity index (χ1n) is 9.23. The molecule has 11 heteroatoms. The molecule has 0 saturated heterocycles. The van der Waals surface area contributed by atoms with Gasteiger partial charge in [0.15, 0.2) is 18.1 Å². The van der Waals surface area contributed by atoms with Gasteiger partial charge < -0.3 is 29.6 Å². The summed E-state index contributed by atoms with van der Waals surface area (Å²) in [5, 5.41) is 5.50. The van der Waals surface area contributed by atoms with E-state index < -0.39 is 30.9 Å². The summed E-state index contributed by atoms with van der Waals surface area (Å²) >= 11 is 11.7. The van der Waals surface area contributed by atoms with Crippen molar-refractivity contribution in [1.82, 2.24) is 10.6 Å². The van der Waals surface area contributed by atoms with Crippen LogP contribution >= 0.6 is 23.2 Å². The maximum absolute atomic E-state index is 12.1. The zero-order valence-corrected chi connectivity index (χ0v) is 19.1. The van der Waals surface area contributed by atoms with Gasteiger partial charge in [0.25, 0.3) is 11.8 Å². The van der Waals surface area contributed by atoms with Crippen LogP contribution in [0.3, 0.4) is 0 Å². The van der Waals surface area contributed by atoms with Gasteiger partial charge in [-0.2, -0.15) is 0 Å². The van der Waals surface area contributed by atoms with E-state index in [0.29, 0.717) is 27.8 Å². The lowest BCUT2D eigenvalue weighted by Gasteiger charge is -2.14. The number of rotatable bonds is 10. The molecule has 0 spiro atoms. The zero-order valence-electron chi connectivity index (χ0n) is 17.6. The van der Waals surface area contributed by atoms with Crippen molar-refractivity contribution in [3.63, 3.8) is 0 Å². The third-order valence-corrected chi connectivity index (χ3v) is 4.74. The van der Waals surface area contributed by atoms with Crippen molar-refractivity contribution in [2.75, 3.05) is 34.5 Å². The number of ether oxygens (including phenoxy) is 4. The van der Waals surface area contributed by atoms with E-state index in [1.807, 2.05) is 0 Å². The molecular formula is C21H22Cl2N2O7. The van der Waals surface area contributed by atoms with E-state index in [9.17, 15) is 14.4 Å². The minimum Gasteiger partial charge on any atom is -0.496 e. The van der Waals surface area contributed by atoms with Gasteiger partial charge in [-0.25, -0.2) is 0 Å². The third-order valence-electron chi connectivity index (χ3n) is 4.20. The quantitative estimate of drug-likeness (QED) is 0.498. The van der Waals surface area contributed by atoms with Crippen LogP contribution in [0.5, 0.6) is 17.2 Å². The molecule has 0 aromatic heterocycles. The smallest absolute Gasteiger partial charge is 0.325 e. The SMILES string of the molecule is COc1cc(OC)c(OC)cc1CNC(=O)COC(=O)CNC(=O)c1ccc(Cl)cc1Cl. The van der Waals surface area contributed by atoms with E-state index in [1.165, 1.54) is 39.5 Å². The lowest BCUT2D eigenvalue weighted by Crippen LogP contribution is -2.34. The Kier molecular flexibility index (Phi) is 9.42. The third kappa shape index (κ3) is 6.93. The predicted molar refractivity (Wildman–Crippen MR) is 118 cm³/mol. The van der Waals surface area contributed by atoms with Crippen LogP contribution in [0.4, 0.5) is 0 Å². The molecule has 2 N–H and O–H groups in total. The van der Waals surface area contributed by atoms with Crippen LogP contribution in [0.2, 0.25) is 10.0 Å². The van der Waals surface area contributed by atoms with Crippen LogP contribution in [0.1, 0.15) is 15.9 Å². The van der Waals surface area contributed by atoms with Crippen molar-refractivity contribution in [3.05, 3.63) is 51.5 Å². The molecule has 2 rings (SSSR count). The highest BCUT2D eigenvalue weighted by molar-refractivity contribution is 6.36. The van der Waals surface area contributed by atoms with E-state index in [1.54, 1.807) is 12.1 Å². The van der Waals surface area contributed by atoms with Gasteiger partial charge in [0.2, 0.25) is 0 Å². The minimum atomic E-state index is -0.790. The van der Waals surface area contributed by atoms with E-state index in [-0.39, 0.29) is 17.1 Å².